The number of anilines is 1. The Morgan fingerprint density at radius 1 is 1.50 bits per heavy atom. The average molecular weight is 290 g/mol. The Hall–Kier alpha value is -1.95. The fourth-order valence-corrected chi connectivity index (χ4v) is 2.36. The number of pyridine rings is 1. The van der Waals surface area contributed by atoms with Gasteiger partial charge in [-0.05, 0) is 12.5 Å². The zero-order valence-electron chi connectivity index (χ0n) is 11.7. The quantitative estimate of drug-likeness (QED) is 0.888. The van der Waals surface area contributed by atoms with Crippen molar-refractivity contribution in [3.63, 3.8) is 0 Å². The summed E-state index contributed by atoms with van der Waals surface area (Å²) in [5, 5.41) is 5.20. The van der Waals surface area contributed by atoms with Gasteiger partial charge in [0.25, 0.3) is 5.91 Å². The SMILES string of the molecule is CCCNc1ccncc1C(=O)N(C)Cc1cscn1. The number of thiazole rings is 1. The fourth-order valence-electron chi connectivity index (χ4n) is 1.81. The van der Waals surface area contributed by atoms with Gasteiger partial charge in [0.15, 0.2) is 0 Å². The van der Waals surface area contributed by atoms with Gasteiger partial charge in [-0.1, -0.05) is 6.92 Å². The van der Waals surface area contributed by atoms with Crippen molar-refractivity contribution in [3.05, 3.63) is 40.6 Å². The highest BCUT2D eigenvalue weighted by Crippen LogP contribution is 2.16. The molecule has 0 fully saturated rings. The molecule has 6 heteroatoms. The van der Waals surface area contributed by atoms with Gasteiger partial charge in [-0.15, -0.1) is 11.3 Å². The lowest BCUT2D eigenvalue weighted by Gasteiger charge is -2.18. The molecular formula is C14H18N4OS. The van der Waals surface area contributed by atoms with Crippen molar-refractivity contribution in [2.24, 2.45) is 0 Å². The second kappa shape index (κ2) is 7.00. The van der Waals surface area contributed by atoms with Gasteiger partial charge < -0.3 is 10.2 Å². The Morgan fingerprint density at radius 2 is 2.35 bits per heavy atom. The Bertz CT molecular complexity index is 556. The van der Waals surface area contributed by atoms with Crippen LogP contribution in [0.15, 0.2) is 29.4 Å². The third kappa shape index (κ3) is 3.54. The minimum Gasteiger partial charge on any atom is -0.384 e. The highest BCUT2D eigenvalue weighted by atomic mass is 32.1. The van der Waals surface area contributed by atoms with Gasteiger partial charge in [-0.2, -0.15) is 0 Å². The molecule has 1 N–H and O–H groups in total. The summed E-state index contributed by atoms with van der Waals surface area (Å²) in [7, 11) is 1.78. The zero-order chi connectivity index (χ0) is 14.4. The van der Waals surface area contributed by atoms with Crippen LogP contribution in [0.4, 0.5) is 5.69 Å². The minimum atomic E-state index is -0.0512. The van der Waals surface area contributed by atoms with E-state index in [9.17, 15) is 4.79 Å². The van der Waals surface area contributed by atoms with Crippen LogP contribution < -0.4 is 5.32 Å². The van der Waals surface area contributed by atoms with Crippen LogP contribution in [-0.2, 0) is 6.54 Å². The third-order valence-corrected chi connectivity index (χ3v) is 3.48. The van der Waals surface area contributed by atoms with Crippen LogP contribution in [0.25, 0.3) is 0 Å². The lowest BCUT2D eigenvalue weighted by atomic mass is 10.2. The number of hydrogen-bond donors (Lipinski definition) is 1. The Kier molecular flexibility index (Phi) is 5.06. The highest BCUT2D eigenvalue weighted by molar-refractivity contribution is 7.07. The number of aromatic nitrogens is 2. The molecule has 106 valence electrons. The second-order valence-electron chi connectivity index (χ2n) is 4.49. The zero-order valence-corrected chi connectivity index (χ0v) is 12.5. The van der Waals surface area contributed by atoms with E-state index in [0.717, 1.165) is 24.3 Å². The molecule has 0 aliphatic rings. The maximum Gasteiger partial charge on any atom is 0.257 e. The van der Waals surface area contributed by atoms with Gasteiger partial charge in [-0.3, -0.25) is 9.78 Å². The summed E-state index contributed by atoms with van der Waals surface area (Å²) < 4.78 is 0. The normalized spacial score (nSPS) is 10.3. The first-order chi connectivity index (χ1) is 9.72. The van der Waals surface area contributed by atoms with E-state index in [-0.39, 0.29) is 5.91 Å². The molecule has 1 amide bonds. The van der Waals surface area contributed by atoms with E-state index in [1.54, 1.807) is 29.9 Å². The molecule has 0 saturated heterocycles. The van der Waals surface area contributed by atoms with Crippen LogP contribution in [-0.4, -0.2) is 34.4 Å². The number of carbonyl (C=O) groups excluding carboxylic acids is 1. The standard InChI is InChI=1S/C14H18N4OS/c1-3-5-16-13-4-6-15-7-12(13)14(19)18(2)8-11-9-20-10-17-11/h4,6-7,9-10H,3,5,8H2,1-2H3,(H,15,16). The summed E-state index contributed by atoms with van der Waals surface area (Å²) in [5.41, 5.74) is 4.10. The molecule has 0 radical (unpaired) electrons. The van der Waals surface area contributed by atoms with Crippen LogP contribution in [0.3, 0.4) is 0 Å². The molecule has 0 aromatic carbocycles. The van der Waals surface area contributed by atoms with Crippen molar-refractivity contribution in [3.8, 4) is 0 Å². The number of rotatable bonds is 6. The molecular weight excluding hydrogens is 272 g/mol. The van der Waals surface area contributed by atoms with Crippen molar-refractivity contribution in [2.75, 3.05) is 18.9 Å². The van der Waals surface area contributed by atoms with Crippen molar-refractivity contribution in [2.45, 2.75) is 19.9 Å². The van der Waals surface area contributed by atoms with Gasteiger partial charge in [-0.25, -0.2) is 4.98 Å². The maximum atomic E-state index is 12.5. The molecule has 2 heterocycles. The molecule has 0 saturated carbocycles. The Labute approximate surface area is 122 Å². The van der Waals surface area contributed by atoms with E-state index >= 15 is 0 Å². The van der Waals surface area contributed by atoms with Gasteiger partial charge >= 0.3 is 0 Å². The number of nitrogens with zero attached hydrogens (tertiary/aromatic N) is 3. The summed E-state index contributed by atoms with van der Waals surface area (Å²) in [6, 6.07) is 1.83. The second-order valence-corrected chi connectivity index (χ2v) is 5.21. The first-order valence-corrected chi connectivity index (χ1v) is 7.47. The van der Waals surface area contributed by atoms with Crippen LogP contribution in [0, 0.1) is 0 Å². The summed E-state index contributed by atoms with van der Waals surface area (Å²) in [6.45, 7) is 3.43. The summed E-state index contributed by atoms with van der Waals surface area (Å²) in [6.07, 6.45) is 4.30. The Morgan fingerprint density at radius 3 is 3.05 bits per heavy atom. The molecule has 2 rings (SSSR count). The summed E-state index contributed by atoms with van der Waals surface area (Å²) in [5.74, 6) is -0.0512. The van der Waals surface area contributed by atoms with Crippen molar-refractivity contribution >= 4 is 22.9 Å². The average Bonchev–Trinajstić information content (AvgIpc) is 2.97. The van der Waals surface area contributed by atoms with Crippen LogP contribution in [0.1, 0.15) is 29.4 Å². The predicted molar refractivity (Wildman–Crippen MR) is 80.9 cm³/mol. The molecule has 0 spiro atoms. The van der Waals surface area contributed by atoms with Crippen LogP contribution >= 0.6 is 11.3 Å². The molecule has 0 unspecified atom stereocenters. The van der Waals surface area contributed by atoms with E-state index in [2.05, 4.69) is 22.2 Å². The van der Waals surface area contributed by atoms with Crippen molar-refractivity contribution in [1.82, 2.24) is 14.9 Å². The van der Waals surface area contributed by atoms with E-state index in [0.29, 0.717) is 12.1 Å². The monoisotopic (exact) mass is 290 g/mol. The number of nitrogens with one attached hydrogen (secondary N) is 1. The van der Waals surface area contributed by atoms with Crippen molar-refractivity contribution in [1.29, 1.82) is 0 Å². The highest BCUT2D eigenvalue weighted by Gasteiger charge is 2.16. The third-order valence-electron chi connectivity index (χ3n) is 2.85. The minimum absolute atomic E-state index is 0.0512. The van der Waals surface area contributed by atoms with Gasteiger partial charge in [0.05, 0.1) is 29.0 Å². The molecule has 5 nitrogen and oxygen atoms in total. The summed E-state index contributed by atoms with van der Waals surface area (Å²) in [4.78, 5) is 22.4. The lowest BCUT2D eigenvalue weighted by Crippen LogP contribution is -2.27. The van der Waals surface area contributed by atoms with E-state index in [1.165, 1.54) is 11.3 Å². The summed E-state index contributed by atoms with van der Waals surface area (Å²) >= 11 is 1.53. The molecule has 0 aliphatic carbocycles. The molecule has 2 aromatic rings. The first-order valence-electron chi connectivity index (χ1n) is 6.52. The van der Waals surface area contributed by atoms with Crippen LogP contribution in [0.2, 0.25) is 0 Å². The van der Waals surface area contributed by atoms with Gasteiger partial charge in [0.2, 0.25) is 0 Å². The largest absolute Gasteiger partial charge is 0.384 e. The number of hydrogen-bond acceptors (Lipinski definition) is 5. The van der Waals surface area contributed by atoms with E-state index < -0.39 is 0 Å². The predicted octanol–water partition coefficient (Wildman–Crippen LogP) is 2.63. The molecule has 2 aromatic heterocycles. The number of amides is 1. The first kappa shape index (κ1) is 14.5. The maximum absolute atomic E-state index is 12.5. The van der Waals surface area contributed by atoms with Gasteiger partial charge in [0.1, 0.15) is 0 Å². The smallest absolute Gasteiger partial charge is 0.257 e. The van der Waals surface area contributed by atoms with Crippen molar-refractivity contribution < 1.29 is 4.79 Å². The van der Waals surface area contributed by atoms with E-state index in [4.69, 9.17) is 0 Å². The molecule has 20 heavy (non-hydrogen) atoms. The molecule has 0 aliphatic heterocycles. The van der Waals surface area contributed by atoms with Crippen LogP contribution in [0.5, 0.6) is 0 Å². The topological polar surface area (TPSA) is 58.1 Å². The molecule has 0 atom stereocenters. The molecule has 0 bridgehead atoms. The lowest BCUT2D eigenvalue weighted by molar-refractivity contribution is 0.0784. The number of carbonyl (C=O) groups is 1. The Balaban J connectivity index is 2.11. The van der Waals surface area contributed by atoms with E-state index in [1.807, 2.05) is 11.4 Å². The fraction of sp³-hybridized carbons (Fsp3) is 0.357. The van der Waals surface area contributed by atoms with Gasteiger partial charge in [0, 0.05) is 31.4 Å².